The standard InChI is InChI=1S/C13H14N4O2S2/c1-7-12(20-10(6-14)15-7)13-16-8-4-3-5-9(11(8)17-13)21(2,18)19/h3-5H,6,14H2,1-2H3,(H,16,17). The number of hydrogen-bond donors (Lipinski definition) is 2. The van der Waals surface area contributed by atoms with Gasteiger partial charge in [0.05, 0.1) is 21.0 Å². The fourth-order valence-electron chi connectivity index (χ4n) is 2.17. The van der Waals surface area contributed by atoms with Crippen molar-refractivity contribution in [3.05, 3.63) is 28.9 Å². The highest BCUT2D eigenvalue weighted by Crippen LogP contribution is 2.31. The van der Waals surface area contributed by atoms with Crippen molar-refractivity contribution < 1.29 is 8.42 Å². The Labute approximate surface area is 126 Å². The molecular weight excluding hydrogens is 308 g/mol. The smallest absolute Gasteiger partial charge is 0.177 e. The van der Waals surface area contributed by atoms with Gasteiger partial charge in [-0.15, -0.1) is 11.3 Å². The van der Waals surface area contributed by atoms with E-state index in [4.69, 9.17) is 5.73 Å². The normalized spacial score (nSPS) is 12.1. The Morgan fingerprint density at radius 3 is 2.71 bits per heavy atom. The van der Waals surface area contributed by atoms with E-state index in [1.54, 1.807) is 18.2 Å². The lowest BCUT2D eigenvalue weighted by Crippen LogP contribution is -1.97. The maximum Gasteiger partial charge on any atom is 0.177 e. The zero-order valence-corrected chi connectivity index (χ0v) is 13.2. The lowest BCUT2D eigenvalue weighted by Gasteiger charge is -1.97. The number of nitrogens with two attached hydrogens (primary N) is 1. The summed E-state index contributed by atoms with van der Waals surface area (Å²) in [6.45, 7) is 2.26. The average molecular weight is 322 g/mol. The number of para-hydroxylation sites is 1. The summed E-state index contributed by atoms with van der Waals surface area (Å²) in [5.41, 5.74) is 7.58. The average Bonchev–Trinajstić information content (AvgIpc) is 2.99. The molecule has 0 radical (unpaired) electrons. The predicted octanol–water partition coefficient (Wildman–Crippen LogP) is 1.86. The number of thiazole rings is 1. The maximum atomic E-state index is 11.8. The predicted molar refractivity (Wildman–Crippen MR) is 82.9 cm³/mol. The van der Waals surface area contributed by atoms with E-state index >= 15 is 0 Å². The van der Waals surface area contributed by atoms with E-state index in [0.29, 0.717) is 23.4 Å². The van der Waals surface area contributed by atoms with Crippen LogP contribution in [0.5, 0.6) is 0 Å². The largest absolute Gasteiger partial charge is 0.337 e. The molecule has 6 nitrogen and oxygen atoms in total. The van der Waals surface area contributed by atoms with E-state index in [1.165, 1.54) is 17.6 Å². The lowest BCUT2D eigenvalue weighted by atomic mass is 10.3. The zero-order chi connectivity index (χ0) is 15.2. The van der Waals surface area contributed by atoms with E-state index in [-0.39, 0.29) is 4.90 Å². The van der Waals surface area contributed by atoms with Gasteiger partial charge in [-0.1, -0.05) is 6.07 Å². The molecule has 0 fully saturated rings. The Morgan fingerprint density at radius 1 is 1.33 bits per heavy atom. The van der Waals surface area contributed by atoms with Crippen molar-refractivity contribution in [1.82, 2.24) is 15.0 Å². The molecule has 0 aliphatic carbocycles. The monoisotopic (exact) mass is 322 g/mol. The van der Waals surface area contributed by atoms with Crippen molar-refractivity contribution >= 4 is 32.2 Å². The second-order valence-electron chi connectivity index (χ2n) is 4.74. The number of imidazole rings is 1. The van der Waals surface area contributed by atoms with Crippen molar-refractivity contribution in [2.24, 2.45) is 5.73 Å². The molecule has 1 aromatic carbocycles. The van der Waals surface area contributed by atoms with Gasteiger partial charge in [0.25, 0.3) is 0 Å². The van der Waals surface area contributed by atoms with Crippen LogP contribution >= 0.6 is 11.3 Å². The number of aromatic nitrogens is 3. The highest BCUT2D eigenvalue weighted by Gasteiger charge is 2.18. The number of rotatable bonds is 3. The molecule has 3 aromatic rings. The second kappa shape index (κ2) is 4.90. The van der Waals surface area contributed by atoms with Gasteiger partial charge in [0, 0.05) is 12.8 Å². The third-order valence-electron chi connectivity index (χ3n) is 3.11. The van der Waals surface area contributed by atoms with Gasteiger partial charge in [0.15, 0.2) is 15.7 Å². The molecule has 2 aromatic heterocycles. The van der Waals surface area contributed by atoms with Gasteiger partial charge >= 0.3 is 0 Å². The fraction of sp³-hybridized carbons (Fsp3) is 0.231. The number of sulfone groups is 1. The summed E-state index contributed by atoms with van der Waals surface area (Å²) in [5, 5.41) is 0.825. The number of H-pyrrole nitrogens is 1. The van der Waals surface area contributed by atoms with E-state index in [1.807, 2.05) is 6.92 Å². The van der Waals surface area contributed by atoms with Crippen molar-refractivity contribution in [1.29, 1.82) is 0 Å². The van der Waals surface area contributed by atoms with Gasteiger partial charge in [-0.25, -0.2) is 18.4 Å². The first-order valence-corrected chi connectivity index (χ1v) is 8.96. The van der Waals surface area contributed by atoms with Crippen LogP contribution in [0.2, 0.25) is 0 Å². The molecule has 0 aliphatic heterocycles. The molecule has 2 heterocycles. The summed E-state index contributed by atoms with van der Waals surface area (Å²) in [5.74, 6) is 0.621. The van der Waals surface area contributed by atoms with Crippen LogP contribution in [0, 0.1) is 6.92 Å². The van der Waals surface area contributed by atoms with Gasteiger partial charge in [0.1, 0.15) is 10.5 Å². The number of nitrogens with one attached hydrogen (secondary N) is 1. The summed E-state index contributed by atoms with van der Waals surface area (Å²) in [6, 6.07) is 5.07. The van der Waals surface area contributed by atoms with Crippen LogP contribution in [-0.4, -0.2) is 29.6 Å². The Kier molecular flexibility index (Phi) is 3.31. The number of aromatic amines is 1. The molecular formula is C13H14N4O2S2. The number of nitrogens with zero attached hydrogens (tertiary/aromatic N) is 2. The number of benzene rings is 1. The third kappa shape index (κ3) is 2.45. The van der Waals surface area contributed by atoms with Crippen LogP contribution in [0.3, 0.4) is 0 Å². The number of hydrogen-bond acceptors (Lipinski definition) is 6. The zero-order valence-electron chi connectivity index (χ0n) is 11.5. The van der Waals surface area contributed by atoms with Crippen molar-refractivity contribution in [3.63, 3.8) is 0 Å². The molecule has 110 valence electrons. The van der Waals surface area contributed by atoms with Gasteiger partial charge in [0.2, 0.25) is 0 Å². The van der Waals surface area contributed by atoms with E-state index < -0.39 is 9.84 Å². The second-order valence-corrected chi connectivity index (χ2v) is 7.80. The maximum absolute atomic E-state index is 11.8. The number of aryl methyl sites for hydroxylation is 1. The molecule has 8 heteroatoms. The quantitative estimate of drug-likeness (QED) is 0.766. The highest BCUT2D eigenvalue weighted by atomic mass is 32.2. The highest BCUT2D eigenvalue weighted by molar-refractivity contribution is 7.91. The molecule has 0 amide bonds. The van der Waals surface area contributed by atoms with Gasteiger partial charge in [-0.2, -0.15) is 0 Å². The molecule has 0 atom stereocenters. The van der Waals surface area contributed by atoms with Crippen molar-refractivity contribution in [2.75, 3.05) is 6.26 Å². The SMILES string of the molecule is Cc1nc(CN)sc1-c1nc2c(S(C)(=O)=O)cccc2[nH]1. The molecule has 3 N–H and O–H groups in total. The first-order valence-electron chi connectivity index (χ1n) is 6.25. The Morgan fingerprint density at radius 2 is 2.10 bits per heavy atom. The molecule has 0 aliphatic rings. The minimum absolute atomic E-state index is 0.226. The molecule has 21 heavy (non-hydrogen) atoms. The van der Waals surface area contributed by atoms with Crippen LogP contribution < -0.4 is 5.73 Å². The number of fused-ring (bicyclic) bond motifs is 1. The molecule has 0 bridgehead atoms. The first-order chi connectivity index (χ1) is 9.90. The van der Waals surface area contributed by atoms with Crippen LogP contribution in [0.25, 0.3) is 21.7 Å². The Bertz CT molecular complexity index is 925. The Balaban J connectivity index is 2.24. The van der Waals surface area contributed by atoms with Crippen LogP contribution in [-0.2, 0) is 16.4 Å². The molecule has 0 saturated carbocycles. The van der Waals surface area contributed by atoms with Crippen LogP contribution in [0.15, 0.2) is 23.1 Å². The minimum atomic E-state index is -3.32. The summed E-state index contributed by atoms with van der Waals surface area (Å²) < 4.78 is 23.7. The van der Waals surface area contributed by atoms with Gasteiger partial charge in [-0.3, -0.25) is 0 Å². The minimum Gasteiger partial charge on any atom is -0.337 e. The first kappa shape index (κ1) is 14.2. The van der Waals surface area contributed by atoms with E-state index in [2.05, 4.69) is 15.0 Å². The Hall–Kier alpha value is -1.77. The van der Waals surface area contributed by atoms with E-state index in [9.17, 15) is 8.42 Å². The van der Waals surface area contributed by atoms with Crippen molar-refractivity contribution in [2.45, 2.75) is 18.4 Å². The summed E-state index contributed by atoms with van der Waals surface area (Å²) in [4.78, 5) is 13.1. The summed E-state index contributed by atoms with van der Waals surface area (Å²) >= 11 is 1.46. The van der Waals surface area contributed by atoms with Gasteiger partial charge in [-0.05, 0) is 19.1 Å². The summed E-state index contributed by atoms with van der Waals surface area (Å²) in [7, 11) is -3.32. The van der Waals surface area contributed by atoms with Gasteiger partial charge < -0.3 is 10.7 Å². The molecule has 0 spiro atoms. The topological polar surface area (TPSA) is 102 Å². The van der Waals surface area contributed by atoms with Crippen LogP contribution in [0.4, 0.5) is 0 Å². The third-order valence-corrected chi connectivity index (χ3v) is 5.42. The lowest BCUT2D eigenvalue weighted by molar-refractivity contribution is 0.602. The van der Waals surface area contributed by atoms with E-state index in [0.717, 1.165) is 15.6 Å². The molecule has 0 unspecified atom stereocenters. The van der Waals surface area contributed by atoms with Crippen LogP contribution in [0.1, 0.15) is 10.7 Å². The fourth-order valence-corrected chi connectivity index (χ4v) is 3.89. The molecule has 3 rings (SSSR count). The van der Waals surface area contributed by atoms with Crippen molar-refractivity contribution in [3.8, 4) is 10.7 Å². The summed E-state index contributed by atoms with van der Waals surface area (Å²) in [6.07, 6.45) is 1.18. The molecule has 0 saturated heterocycles.